The van der Waals surface area contributed by atoms with E-state index < -0.39 is 11.7 Å². The fraction of sp³-hybridized carbons (Fsp3) is 0.700. The van der Waals surface area contributed by atoms with Gasteiger partial charge in [0.2, 0.25) is 5.91 Å². The molecule has 11 heteroatoms. The number of halogens is 1. The predicted molar refractivity (Wildman–Crippen MR) is 150 cm³/mol. The molecule has 2 atom stereocenters. The van der Waals surface area contributed by atoms with Crippen LogP contribution in [0.4, 0.5) is 14.0 Å². The lowest BCUT2D eigenvalue weighted by atomic mass is 9.50. The van der Waals surface area contributed by atoms with Gasteiger partial charge in [-0.25, -0.2) is 14.0 Å². The maximum Gasteiger partial charge on any atom is 0.407 e. The zero-order valence-electron chi connectivity index (χ0n) is 24.4. The zero-order valence-corrected chi connectivity index (χ0v) is 24.4. The topological polar surface area (TPSA) is 121 Å². The largest absolute Gasteiger partial charge is 0.444 e. The minimum Gasteiger partial charge on any atom is -0.444 e. The molecule has 4 saturated carbocycles. The normalized spacial score (nSPS) is 27.9. The van der Waals surface area contributed by atoms with Crippen molar-refractivity contribution in [3.8, 4) is 0 Å². The molecule has 1 heterocycles. The van der Waals surface area contributed by atoms with Crippen LogP contribution < -0.4 is 21.3 Å². The van der Waals surface area contributed by atoms with E-state index in [1.807, 2.05) is 0 Å². The van der Waals surface area contributed by atoms with Gasteiger partial charge in [0.05, 0.1) is 19.8 Å². The molecule has 10 nitrogen and oxygen atoms in total. The lowest BCUT2D eigenvalue weighted by molar-refractivity contribution is -0.132. The summed E-state index contributed by atoms with van der Waals surface area (Å²) in [6.07, 6.45) is 5.50. The van der Waals surface area contributed by atoms with Crippen molar-refractivity contribution in [3.63, 3.8) is 0 Å². The van der Waals surface area contributed by atoms with E-state index in [2.05, 4.69) is 21.3 Å². The lowest BCUT2D eigenvalue weighted by Gasteiger charge is -2.62. The Morgan fingerprint density at radius 1 is 0.976 bits per heavy atom. The number of carbonyl (C=O) groups excluding carboxylic acids is 3. The van der Waals surface area contributed by atoms with Gasteiger partial charge in [0.1, 0.15) is 11.4 Å². The van der Waals surface area contributed by atoms with Crippen molar-refractivity contribution >= 4 is 18.0 Å². The molecule has 0 saturated heterocycles. The van der Waals surface area contributed by atoms with Gasteiger partial charge in [-0.1, -0.05) is 6.07 Å². The van der Waals surface area contributed by atoms with Crippen LogP contribution in [0.1, 0.15) is 70.4 Å². The summed E-state index contributed by atoms with van der Waals surface area (Å²) in [6.45, 7) is 7.98. The predicted octanol–water partition coefficient (Wildman–Crippen LogP) is 3.19. The van der Waals surface area contributed by atoms with Gasteiger partial charge in [0, 0.05) is 37.3 Å². The van der Waals surface area contributed by atoms with Crippen LogP contribution in [0.25, 0.3) is 0 Å². The highest BCUT2D eigenvalue weighted by Crippen LogP contribution is 2.57. The molecule has 1 aliphatic heterocycles. The van der Waals surface area contributed by atoms with Crippen LogP contribution in [0.2, 0.25) is 0 Å². The van der Waals surface area contributed by atoms with Gasteiger partial charge >= 0.3 is 12.1 Å². The molecule has 41 heavy (non-hydrogen) atoms. The number of alkyl carbamates (subject to hydrolysis) is 1. The number of amides is 4. The summed E-state index contributed by atoms with van der Waals surface area (Å²) in [4.78, 5) is 39.4. The molecule has 4 amide bonds. The number of rotatable bonds is 10. The fourth-order valence-corrected chi connectivity index (χ4v) is 7.69. The molecular weight excluding hydrogens is 529 g/mol. The van der Waals surface area contributed by atoms with Crippen LogP contribution in [-0.4, -0.2) is 72.5 Å². The number of hydrogen-bond donors (Lipinski definition) is 4. The van der Waals surface area contributed by atoms with Crippen molar-refractivity contribution in [1.82, 2.24) is 26.2 Å². The Hall–Kier alpha value is -2.92. The van der Waals surface area contributed by atoms with E-state index in [1.165, 1.54) is 18.6 Å². The van der Waals surface area contributed by atoms with E-state index in [-0.39, 0.29) is 35.4 Å². The average molecular weight is 574 g/mol. The van der Waals surface area contributed by atoms with Crippen LogP contribution in [-0.2, 0) is 27.4 Å². The van der Waals surface area contributed by atoms with E-state index in [9.17, 15) is 18.8 Å². The summed E-state index contributed by atoms with van der Waals surface area (Å²) >= 11 is 0. The van der Waals surface area contributed by atoms with Gasteiger partial charge in [0.25, 0.3) is 0 Å². The Bertz CT molecular complexity index is 1140. The summed E-state index contributed by atoms with van der Waals surface area (Å²) in [7, 11) is 0. The molecule has 0 radical (unpaired) electrons. The summed E-state index contributed by atoms with van der Waals surface area (Å²) < 4.78 is 24.3. The molecule has 2 unspecified atom stereocenters. The minimum atomic E-state index is -0.546. The number of nitrogens with one attached hydrogen (secondary N) is 4. The monoisotopic (exact) mass is 573 g/mol. The first-order valence-corrected chi connectivity index (χ1v) is 14.8. The first kappa shape index (κ1) is 29.6. The summed E-state index contributed by atoms with van der Waals surface area (Å²) in [5.41, 5.74) is 0.909. The third kappa shape index (κ3) is 7.48. The van der Waals surface area contributed by atoms with Crippen molar-refractivity contribution in [3.05, 3.63) is 35.1 Å². The van der Waals surface area contributed by atoms with Crippen LogP contribution >= 0.6 is 0 Å². The summed E-state index contributed by atoms with van der Waals surface area (Å²) in [5, 5.41) is 12.5. The first-order chi connectivity index (χ1) is 19.4. The Morgan fingerprint density at radius 3 is 2.34 bits per heavy atom. The lowest BCUT2D eigenvalue weighted by Crippen LogP contribution is -2.70. The van der Waals surface area contributed by atoms with Crippen molar-refractivity contribution in [2.24, 2.45) is 11.8 Å². The molecule has 1 aromatic rings. The first-order valence-electron chi connectivity index (χ1n) is 14.8. The third-order valence-corrected chi connectivity index (χ3v) is 8.74. The molecule has 4 bridgehead atoms. The average Bonchev–Trinajstić information content (AvgIpc) is 3.28. The second-order valence-electron chi connectivity index (χ2n) is 13.5. The molecule has 4 aliphatic carbocycles. The Kier molecular flexibility index (Phi) is 8.48. The second-order valence-corrected chi connectivity index (χ2v) is 13.5. The van der Waals surface area contributed by atoms with E-state index in [0.29, 0.717) is 51.2 Å². The molecule has 1 aromatic carbocycles. The van der Waals surface area contributed by atoms with Gasteiger partial charge in [-0.3, -0.25) is 4.79 Å². The van der Waals surface area contributed by atoms with Gasteiger partial charge < -0.3 is 35.6 Å². The van der Waals surface area contributed by atoms with E-state index in [4.69, 9.17) is 9.47 Å². The number of nitrogens with zero attached hydrogens (tertiary/aromatic N) is 1. The third-order valence-electron chi connectivity index (χ3n) is 8.74. The number of carbonyl (C=O) groups is 3. The molecule has 0 aromatic heterocycles. The van der Waals surface area contributed by atoms with Crippen molar-refractivity contribution in [2.75, 3.05) is 32.8 Å². The van der Waals surface area contributed by atoms with Crippen molar-refractivity contribution in [1.29, 1.82) is 0 Å². The standard InChI is InChI=1S/C30H44FN5O5/c1-28(2,3)41-27(39)33-7-9-40-8-6-32-26(38)35-30-14-20-10-21(15-30)13-29(12-20,19-30)34-16-25(37)36-17-22-4-5-24(31)11-23(22)18-36/h4-5,11,20-21,34H,6-10,12-19H2,1-3H3,(H,33,39)(H2,32,35,38). The molecule has 0 spiro atoms. The van der Waals surface area contributed by atoms with Crippen LogP contribution in [0, 0.1) is 17.7 Å². The Balaban J connectivity index is 1.04. The number of ether oxygens (including phenoxy) is 2. The van der Waals surface area contributed by atoms with Gasteiger partial charge in [0.15, 0.2) is 0 Å². The second kappa shape index (κ2) is 11.8. The van der Waals surface area contributed by atoms with E-state index >= 15 is 0 Å². The highest BCUT2D eigenvalue weighted by atomic mass is 19.1. The number of hydrogen-bond acceptors (Lipinski definition) is 6. The van der Waals surface area contributed by atoms with Gasteiger partial charge in [-0.15, -0.1) is 0 Å². The highest BCUT2D eigenvalue weighted by Gasteiger charge is 2.58. The Morgan fingerprint density at radius 2 is 1.63 bits per heavy atom. The number of benzene rings is 1. The van der Waals surface area contributed by atoms with E-state index in [1.54, 1.807) is 31.7 Å². The summed E-state index contributed by atoms with van der Waals surface area (Å²) in [5.74, 6) is 0.808. The van der Waals surface area contributed by atoms with Gasteiger partial charge in [-0.2, -0.15) is 0 Å². The molecular formula is C30H44FN5O5. The molecule has 226 valence electrons. The van der Waals surface area contributed by atoms with Crippen LogP contribution in [0.5, 0.6) is 0 Å². The minimum absolute atomic E-state index is 0.0263. The maximum absolute atomic E-state index is 13.6. The molecule has 5 aliphatic rings. The highest BCUT2D eigenvalue weighted by molar-refractivity contribution is 5.79. The fourth-order valence-electron chi connectivity index (χ4n) is 7.69. The Labute approximate surface area is 241 Å². The zero-order chi connectivity index (χ0) is 29.3. The van der Waals surface area contributed by atoms with Gasteiger partial charge in [-0.05, 0) is 94.4 Å². The van der Waals surface area contributed by atoms with Crippen molar-refractivity contribution in [2.45, 2.75) is 89.1 Å². The quantitative estimate of drug-likeness (QED) is 0.319. The number of urea groups is 1. The smallest absolute Gasteiger partial charge is 0.407 e. The van der Waals surface area contributed by atoms with E-state index in [0.717, 1.165) is 43.2 Å². The van der Waals surface area contributed by atoms with Crippen LogP contribution in [0.15, 0.2) is 18.2 Å². The van der Waals surface area contributed by atoms with Crippen molar-refractivity contribution < 1.29 is 28.2 Å². The number of fused-ring (bicyclic) bond motifs is 1. The maximum atomic E-state index is 13.6. The summed E-state index contributed by atoms with van der Waals surface area (Å²) in [6, 6.07) is 4.53. The molecule has 6 rings (SSSR count). The SMILES string of the molecule is CC(C)(C)OC(=O)NCCOCCNC(=O)NC12CC3CC(CC(NCC(=O)N4Cc5ccc(F)cc5C4)(C3)C1)C2. The van der Waals surface area contributed by atoms with Crippen LogP contribution in [0.3, 0.4) is 0 Å². The molecule has 4 N–H and O–H groups in total. The molecule has 4 fully saturated rings.